The molecule has 1 amide bonds. The third-order valence-corrected chi connectivity index (χ3v) is 7.43. The number of amides is 1. The highest BCUT2D eigenvalue weighted by Gasteiger charge is 2.32. The van der Waals surface area contributed by atoms with E-state index in [9.17, 15) is 4.79 Å². The summed E-state index contributed by atoms with van der Waals surface area (Å²) in [6.45, 7) is 6.27. The lowest BCUT2D eigenvalue weighted by atomic mass is 9.88. The molecule has 1 saturated carbocycles. The Morgan fingerprint density at radius 3 is 2.38 bits per heavy atom. The van der Waals surface area contributed by atoms with Crippen molar-refractivity contribution in [1.82, 2.24) is 10.2 Å². The summed E-state index contributed by atoms with van der Waals surface area (Å²) in [5, 5.41) is 5.54. The third kappa shape index (κ3) is 5.01. The number of carbonyl (C=O) groups excluding carboxylic acids is 1. The summed E-state index contributed by atoms with van der Waals surface area (Å²) in [6, 6.07) is 15.4. The minimum Gasteiger partial charge on any atom is -0.369 e. The van der Waals surface area contributed by atoms with Gasteiger partial charge in [0.2, 0.25) is 5.91 Å². The zero-order chi connectivity index (χ0) is 20.1. The summed E-state index contributed by atoms with van der Waals surface area (Å²) in [4.78, 5) is 19.3. The van der Waals surface area contributed by atoms with Gasteiger partial charge < -0.3 is 10.2 Å². The fourth-order valence-corrected chi connectivity index (χ4v) is 5.85. The first-order valence-electron chi connectivity index (χ1n) is 11.1. The molecule has 1 saturated heterocycles. The maximum absolute atomic E-state index is 12.9. The molecule has 0 bridgehead atoms. The molecule has 2 fully saturated rings. The second-order valence-electron chi connectivity index (χ2n) is 8.45. The molecule has 1 aliphatic carbocycles. The van der Waals surface area contributed by atoms with Gasteiger partial charge in [0.25, 0.3) is 0 Å². The van der Waals surface area contributed by atoms with Gasteiger partial charge in [0.05, 0.1) is 6.04 Å². The van der Waals surface area contributed by atoms with Gasteiger partial charge in [-0.2, -0.15) is 0 Å². The molecule has 1 aromatic carbocycles. The van der Waals surface area contributed by atoms with Gasteiger partial charge in [0, 0.05) is 48.7 Å². The highest BCUT2D eigenvalue weighted by atomic mass is 32.1. The van der Waals surface area contributed by atoms with Gasteiger partial charge in [0.15, 0.2) is 0 Å². The number of piperazine rings is 1. The third-order valence-electron chi connectivity index (χ3n) is 6.48. The molecular weight excluding hydrogens is 378 g/mol. The number of anilines is 1. The lowest BCUT2D eigenvalue weighted by Gasteiger charge is -2.42. The first-order chi connectivity index (χ1) is 14.2. The Morgan fingerprint density at radius 2 is 1.72 bits per heavy atom. The number of benzene rings is 1. The zero-order valence-corrected chi connectivity index (χ0v) is 18.2. The van der Waals surface area contributed by atoms with Crippen LogP contribution in [0.15, 0.2) is 47.8 Å². The van der Waals surface area contributed by atoms with Gasteiger partial charge in [-0.15, -0.1) is 11.3 Å². The van der Waals surface area contributed by atoms with Crippen molar-refractivity contribution in [2.75, 3.05) is 31.1 Å². The van der Waals surface area contributed by atoms with Crippen molar-refractivity contribution in [3.63, 3.8) is 0 Å². The summed E-state index contributed by atoms with van der Waals surface area (Å²) in [6.07, 6.45) is 5.78. The van der Waals surface area contributed by atoms with Gasteiger partial charge in [0.1, 0.15) is 0 Å². The lowest BCUT2D eigenvalue weighted by Crippen LogP contribution is -2.53. The molecule has 2 unspecified atom stereocenters. The number of nitrogens with zero attached hydrogens (tertiary/aromatic N) is 2. The van der Waals surface area contributed by atoms with Crippen LogP contribution in [0.25, 0.3) is 0 Å². The van der Waals surface area contributed by atoms with E-state index in [1.54, 1.807) is 11.3 Å². The van der Waals surface area contributed by atoms with Crippen LogP contribution in [-0.4, -0.2) is 43.0 Å². The van der Waals surface area contributed by atoms with Gasteiger partial charge in [-0.05, 0) is 43.3 Å². The zero-order valence-electron chi connectivity index (χ0n) is 17.4. The molecule has 2 aromatic rings. The van der Waals surface area contributed by atoms with E-state index in [-0.39, 0.29) is 23.9 Å². The summed E-state index contributed by atoms with van der Waals surface area (Å²) >= 11 is 1.81. The largest absolute Gasteiger partial charge is 0.369 e. The molecule has 1 aliphatic heterocycles. The monoisotopic (exact) mass is 411 g/mol. The standard InChI is InChI=1S/C24H33N3OS/c1-19(25-24(28)20-9-4-2-5-10-20)23(22-13-8-18-29-22)27-16-14-26(15-17-27)21-11-6-3-7-12-21/h3,6-8,11-13,18-20,23H,2,4-5,9-10,14-17H2,1H3,(H,25,28). The molecule has 4 rings (SSSR count). The molecule has 5 heteroatoms. The van der Waals surface area contributed by atoms with Crippen molar-refractivity contribution in [3.05, 3.63) is 52.7 Å². The van der Waals surface area contributed by atoms with Gasteiger partial charge >= 0.3 is 0 Å². The Hall–Kier alpha value is -1.85. The Morgan fingerprint density at radius 1 is 1.00 bits per heavy atom. The second-order valence-corrected chi connectivity index (χ2v) is 9.43. The Balaban J connectivity index is 1.42. The number of rotatable bonds is 6. The van der Waals surface area contributed by atoms with Crippen LogP contribution < -0.4 is 10.2 Å². The number of hydrogen-bond donors (Lipinski definition) is 1. The normalized spacial score (nSPS) is 20.9. The van der Waals surface area contributed by atoms with Crippen molar-refractivity contribution in [2.24, 2.45) is 5.92 Å². The van der Waals surface area contributed by atoms with Crippen molar-refractivity contribution in [2.45, 2.75) is 51.1 Å². The van der Waals surface area contributed by atoms with Crippen molar-refractivity contribution in [3.8, 4) is 0 Å². The smallest absolute Gasteiger partial charge is 0.223 e. The SMILES string of the molecule is CC(NC(=O)C1CCCCC1)C(c1cccs1)N1CCN(c2ccccc2)CC1. The van der Waals surface area contributed by atoms with Crippen LogP contribution in [0.4, 0.5) is 5.69 Å². The van der Waals surface area contributed by atoms with E-state index < -0.39 is 0 Å². The summed E-state index contributed by atoms with van der Waals surface area (Å²) in [5.41, 5.74) is 1.30. The maximum atomic E-state index is 12.9. The average molecular weight is 412 g/mol. The van der Waals surface area contributed by atoms with Crippen molar-refractivity contribution >= 4 is 22.9 Å². The fraction of sp³-hybridized carbons (Fsp3) is 0.542. The lowest BCUT2D eigenvalue weighted by molar-refractivity contribution is -0.127. The van der Waals surface area contributed by atoms with E-state index in [0.29, 0.717) is 0 Å². The van der Waals surface area contributed by atoms with E-state index in [4.69, 9.17) is 0 Å². The molecule has 2 heterocycles. The van der Waals surface area contributed by atoms with E-state index in [0.717, 1.165) is 39.0 Å². The number of thiophene rings is 1. The average Bonchev–Trinajstić information content (AvgIpc) is 3.30. The molecule has 156 valence electrons. The van der Waals surface area contributed by atoms with Crippen LogP contribution >= 0.6 is 11.3 Å². The predicted molar refractivity (Wildman–Crippen MR) is 121 cm³/mol. The molecule has 0 radical (unpaired) electrons. The highest BCUT2D eigenvalue weighted by molar-refractivity contribution is 7.10. The maximum Gasteiger partial charge on any atom is 0.223 e. The van der Waals surface area contributed by atoms with E-state index >= 15 is 0 Å². The molecule has 2 aliphatic rings. The fourth-order valence-electron chi connectivity index (χ4n) is 4.89. The van der Waals surface area contributed by atoms with Crippen LogP contribution in [-0.2, 0) is 4.79 Å². The number of para-hydroxylation sites is 1. The molecule has 2 atom stereocenters. The van der Waals surface area contributed by atoms with Crippen LogP contribution in [0.5, 0.6) is 0 Å². The van der Waals surface area contributed by atoms with Crippen LogP contribution in [0.1, 0.15) is 49.9 Å². The number of nitrogens with one attached hydrogen (secondary N) is 1. The van der Waals surface area contributed by atoms with Gasteiger partial charge in [-0.25, -0.2) is 0 Å². The second kappa shape index (κ2) is 9.77. The summed E-state index contributed by atoms with van der Waals surface area (Å²) in [7, 11) is 0. The molecule has 1 aromatic heterocycles. The number of hydrogen-bond acceptors (Lipinski definition) is 4. The topological polar surface area (TPSA) is 35.6 Å². The van der Waals surface area contributed by atoms with Crippen LogP contribution in [0, 0.1) is 5.92 Å². The van der Waals surface area contributed by atoms with Gasteiger partial charge in [-0.1, -0.05) is 43.5 Å². The Kier molecular flexibility index (Phi) is 6.88. The minimum atomic E-state index is 0.117. The van der Waals surface area contributed by atoms with E-state index in [1.807, 2.05) is 0 Å². The molecule has 29 heavy (non-hydrogen) atoms. The molecular formula is C24H33N3OS. The van der Waals surface area contributed by atoms with Gasteiger partial charge in [-0.3, -0.25) is 9.69 Å². The molecule has 1 N–H and O–H groups in total. The first kappa shape index (κ1) is 20.4. The predicted octanol–water partition coefficient (Wildman–Crippen LogP) is 4.70. The number of carbonyl (C=O) groups is 1. The quantitative estimate of drug-likeness (QED) is 0.749. The van der Waals surface area contributed by atoms with E-state index in [1.165, 1.54) is 29.8 Å². The summed E-state index contributed by atoms with van der Waals surface area (Å²) in [5.74, 6) is 0.479. The van der Waals surface area contributed by atoms with Crippen LogP contribution in [0.3, 0.4) is 0 Å². The van der Waals surface area contributed by atoms with Crippen molar-refractivity contribution in [1.29, 1.82) is 0 Å². The Bertz CT molecular complexity index is 750. The van der Waals surface area contributed by atoms with E-state index in [2.05, 4.69) is 69.9 Å². The van der Waals surface area contributed by atoms with Crippen molar-refractivity contribution < 1.29 is 4.79 Å². The molecule has 0 spiro atoms. The molecule has 4 nitrogen and oxygen atoms in total. The Labute approximate surface area is 178 Å². The van der Waals surface area contributed by atoms with Crippen LogP contribution in [0.2, 0.25) is 0 Å². The summed E-state index contributed by atoms with van der Waals surface area (Å²) < 4.78 is 0. The first-order valence-corrected chi connectivity index (χ1v) is 12.0. The minimum absolute atomic E-state index is 0.117. The highest BCUT2D eigenvalue weighted by Crippen LogP contribution is 2.31.